The van der Waals surface area contributed by atoms with Crippen LogP contribution in [0.3, 0.4) is 0 Å². The van der Waals surface area contributed by atoms with Crippen molar-refractivity contribution < 1.29 is 33.0 Å². The zero-order chi connectivity index (χ0) is 28.5. The van der Waals surface area contributed by atoms with E-state index in [9.17, 15) is 28.2 Å². The Morgan fingerprint density at radius 2 is 1.60 bits per heavy atom. The van der Waals surface area contributed by atoms with Crippen molar-refractivity contribution in [1.29, 1.82) is 0 Å². The van der Waals surface area contributed by atoms with Crippen molar-refractivity contribution in [2.24, 2.45) is 0 Å². The van der Waals surface area contributed by atoms with Gasteiger partial charge in [0.2, 0.25) is 10.0 Å². The van der Waals surface area contributed by atoms with E-state index in [1.807, 2.05) is 0 Å². The molecule has 5 rings (SSSR count). The van der Waals surface area contributed by atoms with E-state index in [-0.39, 0.29) is 17.4 Å². The second-order valence-corrected chi connectivity index (χ2v) is 12.4. The normalized spacial score (nSPS) is 21.2. The molecule has 0 radical (unpaired) electrons. The summed E-state index contributed by atoms with van der Waals surface area (Å²) in [6.07, 6.45) is 1.65. The van der Waals surface area contributed by atoms with Crippen molar-refractivity contribution in [3.63, 3.8) is 0 Å². The van der Waals surface area contributed by atoms with Gasteiger partial charge in [0.05, 0.1) is 4.90 Å². The van der Waals surface area contributed by atoms with Gasteiger partial charge in [0.15, 0.2) is 0 Å². The highest BCUT2D eigenvalue weighted by atomic mass is 35.5. The third-order valence-electron chi connectivity index (χ3n) is 7.50. The molecule has 210 valence electrons. The lowest BCUT2D eigenvalue weighted by Gasteiger charge is -2.28. The standard InChI is InChI=1S/C29H29ClN2O7S/c30-22-8-4-19(5-9-22)20-6-10-25(11-7-20)40(37,38)32(18-27(33)34)29(28(35)36)17-26(29)21-2-1-3-24(16-21)39-23-12-14-31-15-13-23/h1-11,16,23,26,31H,12-15,17-18H2,(H,33,34)(H,35,36). The van der Waals surface area contributed by atoms with Crippen LogP contribution >= 0.6 is 11.6 Å². The van der Waals surface area contributed by atoms with Gasteiger partial charge in [0.1, 0.15) is 23.9 Å². The largest absolute Gasteiger partial charge is 0.490 e. The third kappa shape index (κ3) is 5.57. The van der Waals surface area contributed by atoms with Gasteiger partial charge in [0, 0.05) is 10.9 Å². The first-order valence-electron chi connectivity index (χ1n) is 12.9. The Labute approximate surface area is 237 Å². The molecule has 11 heteroatoms. The molecule has 3 aromatic rings. The smallest absolute Gasteiger partial charge is 0.325 e. The minimum atomic E-state index is -4.50. The average molecular weight is 585 g/mol. The number of sulfonamides is 1. The van der Waals surface area contributed by atoms with Gasteiger partial charge in [-0.15, -0.1) is 0 Å². The average Bonchev–Trinajstić information content (AvgIpc) is 3.70. The van der Waals surface area contributed by atoms with Gasteiger partial charge in [-0.2, -0.15) is 4.31 Å². The highest BCUT2D eigenvalue weighted by Gasteiger charge is 2.68. The van der Waals surface area contributed by atoms with E-state index >= 15 is 0 Å². The number of ether oxygens (including phenoxy) is 1. The monoisotopic (exact) mass is 584 g/mol. The summed E-state index contributed by atoms with van der Waals surface area (Å²) in [5, 5.41) is 23.8. The molecule has 3 aromatic carbocycles. The van der Waals surface area contributed by atoms with E-state index in [1.54, 1.807) is 60.7 Å². The minimum Gasteiger partial charge on any atom is -0.490 e. The minimum absolute atomic E-state index is 0.0275. The van der Waals surface area contributed by atoms with E-state index in [0.717, 1.165) is 37.1 Å². The van der Waals surface area contributed by atoms with E-state index in [1.165, 1.54) is 12.1 Å². The summed E-state index contributed by atoms with van der Waals surface area (Å²) in [6.45, 7) is 0.699. The molecule has 2 atom stereocenters. The molecule has 0 spiro atoms. The third-order valence-corrected chi connectivity index (χ3v) is 9.65. The van der Waals surface area contributed by atoms with Gasteiger partial charge in [0.25, 0.3) is 0 Å². The molecular formula is C29H29ClN2O7S. The lowest BCUT2D eigenvalue weighted by Crippen LogP contribution is -2.50. The Balaban J connectivity index is 1.45. The topological polar surface area (TPSA) is 133 Å². The number of halogens is 1. The number of benzene rings is 3. The second-order valence-electron chi connectivity index (χ2n) is 10.1. The molecular weight excluding hydrogens is 556 g/mol. The Bertz CT molecular complexity index is 1510. The van der Waals surface area contributed by atoms with Crippen LogP contribution in [0.2, 0.25) is 5.02 Å². The zero-order valence-corrected chi connectivity index (χ0v) is 23.1. The van der Waals surface area contributed by atoms with Crippen LogP contribution in [-0.4, -0.2) is 66.2 Å². The Morgan fingerprint density at radius 1 is 0.975 bits per heavy atom. The molecule has 0 bridgehead atoms. The molecule has 1 heterocycles. The van der Waals surface area contributed by atoms with Crippen LogP contribution in [0.25, 0.3) is 11.1 Å². The van der Waals surface area contributed by atoms with Gasteiger partial charge in [-0.1, -0.05) is 48.0 Å². The molecule has 2 fully saturated rings. The van der Waals surface area contributed by atoms with Crippen molar-refractivity contribution >= 4 is 33.6 Å². The predicted molar refractivity (Wildman–Crippen MR) is 149 cm³/mol. The van der Waals surface area contributed by atoms with Gasteiger partial charge >= 0.3 is 11.9 Å². The van der Waals surface area contributed by atoms with Crippen molar-refractivity contribution in [1.82, 2.24) is 9.62 Å². The number of carboxylic acids is 2. The molecule has 1 aliphatic carbocycles. The first kappa shape index (κ1) is 28.1. The van der Waals surface area contributed by atoms with Crippen LogP contribution in [0.5, 0.6) is 5.75 Å². The summed E-state index contributed by atoms with van der Waals surface area (Å²) < 4.78 is 34.3. The lowest BCUT2D eigenvalue weighted by molar-refractivity contribution is -0.145. The molecule has 0 amide bonds. The highest BCUT2D eigenvalue weighted by Crippen LogP contribution is 2.57. The van der Waals surface area contributed by atoms with Crippen LogP contribution in [0.15, 0.2) is 77.7 Å². The van der Waals surface area contributed by atoms with Gasteiger partial charge in [-0.05, 0) is 85.4 Å². The van der Waals surface area contributed by atoms with E-state index in [2.05, 4.69) is 5.32 Å². The van der Waals surface area contributed by atoms with Crippen molar-refractivity contribution in [3.05, 3.63) is 83.4 Å². The maximum Gasteiger partial charge on any atom is 0.325 e. The fourth-order valence-electron chi connectivity index (χ4n) is 5.33. The van der Waals surface area contributed by atoms with Crippen LogP contribution in [-0.2, 0) is 19.6 Å². The van der Waals surface area contributed by atoms with Crippen LogP contribution in [0, 0.1) is 0 Å². The van der Waals surface area contributed by atoms with Crippen molar-refractivity contribution in [2.75, 3.05) is 19.6 Å². The van der Waals surface area contributed by atoms with Crippen LogP contribution in [0.1, 0.15) is 30.7 Å². The molecule has 9 nitrogen and oxygen atoms in total. The number of hydrogen-bond acceptors (Lipinski definition) is 6. The number of carboxylic acid groups (broad SMARTS) is 2. The molecule has 1 saturated carbocycles. The maximum absolute atomic E-state index is 13.8. The number of hydrogen-bond donors (Lipinski definition) is 3. The first-order valence-corrected chi connectivity index (χ1v) is 14.7. The summed E-state index contributed by atoms with van der Waals surface area (Å²) in [7, 11) is -4.50. The zero-order valence-electron chi connectivity index (χ0n) is 21.5. The lowest BCUT2D eigenvalue weighted by atomic mass is 10.1. The molecule has 0 aromatic heterocycles. The van der Waals surface area contributed by atoms with E-state index < -0.39 is 40.0 Å². The molecule has 1 aliphatic heterocycles. The van der Waals surface area contributed by atoms with Gasteiger partial charge < -0.3 is 20.3 Å². The van der Waals surface area contributed by atoms with E-state index in [4.69, 9.17) is 16.3 Å². The van der Waals surface area contributed by atoms with Crippen LogP contribution in [0.4, 0.5) is 0 Å². The Hall–Kier alpha value is -3.44. The number of nitrogens with one attached hydrogen (secondary N) is 1. The number of piperidine rings is 1. The van der Waals surface area contributed by atoms with Gasteiger partial charge in [-0.3, -0.25) is 9.59 Å². The Kier molecular flexibility index (Phi) is 7.87. The first-order chi connectivity index (χ1) is 19.1. The fourth-order valence-corrected chi connectivity index (χ4v) is 7.18. The summed E-state index contributed by atoms with van der Waals surface area (Å²) in [5.74, 6) is -3.02. The van der Waals surface area contributed by atoms with E-state index in [0.29, 0.717) is 20.6 Å². The second kappa shape index (κ2) is 11.2. The molecule has 3 N–H and O–H groups in total. The highest BCUT2D eigenvalue weighted by molar-refractivity contribution is 7.89. The number of aliphatic carboxylic acids is 2. The molecule has 2 unspecified atom stereocenters. The molecule has 2 aliphatic rings. The fraction of sp³-hybridized carbons (Fsp3) is 0.310. The predicted octanol–water partition coefficient (Wildman–Crippen LogP) is 4.22. The SMILES string of the molecule is O=C(O)CN(C1(C(=O)O)CC1c1cccc(OC2CCNCC2)c1)S(=O)(=O)c1ccc(-c2ccc(Cl)cc2)cc1. The summed E-state index contributed by atoms with van der Waals surface area (Å²) in [4.78, 5) is 24.3. The maximum atomic E-state index is 13.8. The number of nitrogens with zero attached hydrogens (tertiary/aromatic N) is 1. The van der Waals surface area contributed by atoms with Crippen LogP contribution < -0.4 is 10.1 Å². The van der Waals surface area contributed by atoms with Crippen molar-refractivity contribution in [3.8, 4) is 16.9 Å². The Morgan fingerprint density at radius 3 is 2.20 bits per heavy atom. The van der Waals surface area contributed by atoms with Crippen molar-refractivity contribution in [2.45, 2.75) is 41.7 Å². The number of rotatable bonds is 10. The summed E-state index contributed by atoms with van der Waals surface area (Å²) in [5.41, 5.74) is 0.173. The van der Waals surface area contributed by atoms with Gasteiger partial charge in [-0.25, -0.2) is 8.42 Å². The summed E-state index contributed by atoms with van der Waals surface area (Å²) >= 11 is 5.95. The molecule has 40 heavy (non-hydrogen) atoms. The number of carbonyl (C=O) groups is 2. The summed E-state index contributed by atoms with van der Waals surface area (Å²) in [6, 6.07) is 19.9. The molecule has 1 saturated heterocycles. The quantitative estimate of drug-likeness (QED) is 0.322.